The predicted octanol–water partition coefficient (Wildman–Crippen LogP) is 1.39. The maximum absolute atomic E-state index is 5.76. The fourth-order valence-electron chi connectivity index (χ4n) is 2.36. The Morgan fingerprint density at radius 3 is 3.10 bits per heavy atom. The van der Waals surface area contributed by atoms with Crippen LogP contribution in [0, 0.1) is 0 Å². The third-order valence-corrected chi connectivity index (χ3v) is 3.75. The van der Waals surface area contributed by atoms with Gasteiger partial charge in [-0.15, -0.1) is 0 Å². The van der Waals surface area contributed by atoms with E-state index in [1.54, 1.807) is 0 Å². The molecule has 0 radical (unpaired) electrons. The summed E-state index contributed by atoms with van der Waals surface area (Å²) in [6, 6.07) is 0.455. The summed E-state index contributed by atoms with van der Waals surface area (Å²) in [7, 11) is 1.96. The largest absolute Gasteiger partial charge is 0.367 e. The summed E-state index contributed by atoms with van der Waals surface area (Å²) in [4.78, 5) is 6.87. The van der Waals surface area contributed by atoms with Crippen molar-refractivity contribution < 1.29 is 9.26 Å². The Morgan fingerprint density at radius 1 is 1.50 bits per heavy atom. The molecule has 114 valence electrons. The van der Waals surface area contributed by atoms with E-state index in [-0.39, 0.29) is 6.10 Å². The lowest BCUT2D eigenvalue weighted by Gasteiger charge is -2.30. The summed E-state index contributed by atoms with van der Waals surface area (Å²) in [6.07, 6.45) is 2.91. The molecule has 2 heterocycles. The minimum absolute atomic E-state index is 0.0467. The average Bonchev–Trinajstić information content (AvgIpc) is 2.94. The van der Waals surface area contributed by atoms with E-state index in [0.717, 1.165) is 45.5 Å². The number of aryl methyl sites for hydroxylation is 1. The van der Waals surface area contributed by atoms with E-state index in [1.165, 1.54) is 0 Å². The molecule has 1 N–H and O–H groups in total. The molecule has 0 spiro atoms. The van der Waals surface area contributed by atoms with Gasteiger partial charge in [-0.25, -0.2) is 0 Å². The van der Waals surface area contributed by atoms with Crippen molar-refractivity contribution in [2.75, 3.05) is 33.3 Å². The molecule has 1 aliphatic heterocycles. The van der Waals surface area contributed by atoms with E-state index < -0.39 is 0 Å². The topological polar surface area (TPSA) is 63.4 Å². The second-order valence-electron chi connectivity index (χ2n) is 5.43. The first-order valence-electron chi connectivity index (χ1n) is 7.56. The molecule has 2 atom stereocenters. The SMILES string of the molecule is CCCN1CCOC(c2noc(CCC(C)NC)n2)C1. The van der Waals surface area contributed by atoms with Gasteiger partial charge in [-0.3, -0.25) is 4.90 Å². The van der Waals surface area contributed by atoms with Crippen molar-refractivity contribution in [1.82, 2.24) is 20.4 Å². The minimum Gasteiger partial charge on any atom is -0.367 e. The van der Waals surface area contributed by atoms with Crippen LogP contribution in [0.15, 0.2) is 4.52 Å². The molecular weight excluding hydrogens is 256 g/mol. The second kappa shape index (κ2) is 7.71. The first-order valence-corrected chi connectivity index (χ1v) is 7.56. The quantitative estimate of drug-likeness (QED) is 0.815. The molecule has 2 rings (SSSR count). The number of hydrogen-bond donors (Lipinski definition) is 1. The Kier molecular flexibility index (Phi) is 5.94. The highest BCUT2D eigenvalue weighted by molar-refractivity contribution is 4.94. The van der Waals surface area contributed by atoms with E-state index in [2.05, 4.69) is 34.2 Å². The van der Waals surface area contributed by atoms with Gasteiger partial charge in [-0.2, -0.15) is 4.98 Å². The summed E-state index contributed by atoms with van der Waals surface area (Å²) >= 11 is 0. The number of nitrogens with zero attached hydrogens (tertiary/aromatic N) is 3. The molecule has 0 amide bonds. The van der Waals surface area contributed by atoms with Gasteiger partial charge in [-0.05, 0) is 33.4 Å². The molecule has 1 fully saturated rings. The molecule has 0 aromatic carbocycles. The second-order valence-corrected chi connectivity index (χ2v) is 5.43. The molecule has 0 saturated carbocycles. The lowest BCUT2D eigenvalue weighted by molar-refractivity contribution is -0.0350. The van der Waals surface area contributed by atoms with Gasteiger partial charge in [0.2, 0.25) is 11.7 Å². The number of rotatable bonds is 7. The van der Waals surface area contributed by atoms with Crippen LogP contribution in [0.3, 0.4) is 0 Å². The van der Waals surface area contributed by atoms with Crippen LogP contribution in [-0.4, -0.2) is 54.4 Å². The standard InChI is InChI=1S/C14H26N4O2/c1-4-7-18-8-9-19-12(10-18)14-16-13(20-17-14)6-5-11(2)15-3/h11-12,15H,4-10H2,1-3H3. The van der Waals surface area contributed by atoms with Gasteiger partial charge in [0.1, 0.15) is 6.10 Å². The summed E-state index contributed by atoms with van der Waals surface area (Å²) in [5, 5.41) is 7.28. The van der Waals surface area contributed by atoms with Crippen molar-refractivity contribution in [3.05, 3.63) is 11.7 Å². The van der Waals surface area contributed by atoms with Crippen molar-refractivity contribution >= 4 is 0 Å². The van der Waals surface area contributed by atoms with Gasteiger partial charge in [0.15, 0.2) is 0 Å². The minimum atomic E-state index is -0.0467. The highest BCUT2D eigenvalue weighted by atomic mass is 16.5. The van der Waals surface area contributed by atoms with Gasteiger partial charge < -0.3 is 14.6 Å². The predicted molar refractivity (Wildman–Crippen MR) is 76.6 cm³/mol. The van der Waals surface area contributed by atoms with E-state index in [9.17, 15) is 0 Å². The summed E-state index contributed by atoms with van der Waals surface area (Å²) in [5.41, 5.74) is 0. The molecule has 1 saturated heterocycles. The van der Waals surface area contributed by atoms with Crippen LogP contribution in [0.1, 0.15) is 44.5 Å². The van der Waals surface area contributed by atoms with Crippen LogP contribution in [0.5, 0.6) is 0 Å². The molecule has 0 aliphatic carbocycles. The number of ether oxygens (including phenoxy) is 1. The maximum atomic E-state index is 5.76. The van der Waals surface area contributed by atoms with Crippen molar-refractivity contribution in [1.29, 1.82) is 0 Å². The van der Waals surface area contributed by atoms with Crippen LogP contribution in [0.2, 0.25) is 0 Å². The Morgan fingerprint density at radius 2 is 2.35 bits per heavy atom. The Labute approximate surface area is 120 Å². The molecule has 6 heteroatoms. The highest BCUT2D eigenvalue weighted by Gasteiger charge is 2.25. The van der Waals surface area contributed by atoms with Gasteiger partial charge in [0.25, 0.3) is 0 Å². The summed E-state index contributed by atoms with van der Waals surface area (Å²) < 4.78 is 11.1. The van der Waals surface area contributed by atoms with E-state index in [0.29, 0.717) is 17.8 Å². The number of aromatic nitrogens is 2. The third-order valence-electron chi connectivity index (χ3n) is 3.75. The highest BCUT2D eigenvalue weighted by Crippen LogP contribution is 2.20. The van der Waals surface area contributed by atoms with Gasteiger partial charge in [-0.1, -0.05) is 12.1 Å². The number of nitrogens with one attached hydrogen (secondary N) is 1. The van der Waals surface area contributed by atoms with E-state index in [1.807, 2.05) is 7.05 Å². The zero-order chi connectivity index (χ0) is 14.4. The number of morpholine rings is 1. The Bertz CT molecular complexity index is 394. The molecule has 6 nitrogen and oxygen atoms in total. The van der Waals surface area contributed by atoms with Crippen molar-refractivity contribution in [3.8, 4) is 0 Å². The van der Waals surface area contributed by atoms with Crippen LogP contribution in [-0.2, 0) is 11.2 Å². The third kappa shape index (κ3) is 4.26. The lowest BCUT2D eigenvalue weighted by atomic mass is 10.2. The van der Waals surface area contributed by atoms with Gasteiger partial charge >= 0.3 is 0 Å². The first kappa shape index (κ1) is 15.4. The molecule has 1 aromatic rings. The van der Waals surface area contributed by atoms with Crippen molar-refractivity contribution in [3.63, 3.8) is 0 Å². The van der Waals surface area contributed by atoms with Gasteiger partial charge in [0, 0.05) is 25.6 Å². The van der Waals surface area contributed by atoms with Crippen LogP contribution >= 0.6 is 0 Å². The zero-order valence-corrected chi connectivity index (χ0v) is 12.8. The van der Waals surface area contributed by atoms with Crippen molar-refractivity contribution in [2.24, 2.45) is 0 Å². The summed E-state index contributed by atoms with van der Waals surface area (Å²) in [6.45, 7) is 8.04. The zero-order valence-electron chi connectivity index (χ0n) is 12.8. The van der Waals surface area contributed by atoms with Crippen molar-refractivity contribution in [2.45, 2.75) is 45.3 Å². The summed E-state index contributed by atoms with van der Waals surface area (Å²) in [5.74, 6) is 1.40. The monoisotopic (exact) mass is 282 g/mol. The van der Waals surface area contributed by atoms with E-state index in [4.69, 9.17) is 9.26 Å². The fourth-order valence-corrected chi connectivity index (χ4v) is 2.36. The molecular formula is C14H26N4O2. The Hall–Kier alpha value is -0.980. The van der Waals surface area contributed by atoms with Gasteiger partial charge in [0.05, 0.1) is 6.61 Å². The molecule has 0 bridgehead atoms. The van der Waals surface area contributed by atoms with Crippen LogP contribution < -0.4 is 5.32 Å². The average molecular weight is 282 g/mol. The normalized spacial score (nSPS) is 22.1. The maximum Gasteiger partial charge on any atom is 0.226 e. The number of hydrogen-bond acceptors (Lipinski definition) is 6. The lowest BCUT2D eigenvalue weighted by Crippen LogP contribution is -2.39. The fraction of sp³-hybridized carbons (Fsp3) is 0.857. The molecule has 2 unspecified atom stereocenters. The van der Waals surface area contributed by atoms with Crippen LogP contribution in [0.25, 0.3) is 0 Å². The van der Waals surface area contributed by atoms with E-state index >= 15 is 0 Å². The smallest absolute Gasteiger partial charge is 0.226 e. The molecule has 1 aromatic heterocycles. The molecule has 20 heavy (non-hydrogen) atoms. The molecule has 1 aliphatic rings. The Balaban J connectivity index is 1.87. The van der Waals surface area contributed by atoms with Crippen LogP contribution in [0.4, 0.5) is 0 Å². The first-order chi connectivity index (χ1) is 9.72.